The van der Waals surface area contributed by atoms with Gasteiger partial charge in [-0.05, 0) is 11.6 Å². The molecule has 0 bridgehead atoms. The summed E-state index contributed by atoms with van der Waals surface area (Å²) in [4.78, 5) is 20.5. The maximum atomic E-state index is 10.7. The number of nitrogens with zero attached hydrogens (tertiary/aromatic N) is 1. The number of benzene rings is 1. The summed E-state index contributed by atoms with van der Waals surface area (Å²) in [5.41, 5.74) is -0.385. The third-order valence-electron chi connectivity index (χ3n) is 1.74. The summed E-state index contributed by atoms with van der Waals surface area (Å²) in [5, 5.41) is 19.8. The van der Waals surface area contributed by atoms with Crippen molar-refractivity contribution < 1.29 is 14.8 Å². The zero-order valence-corrected chi connectivity index (χ0v) is 9.58. The highest BCUT2D eigenvalue weighted by Gasteiger charge is 2.21. The number of carboxylic acid groups (broad SMARTS) is 1. The molecular formula is C8H5BrClNO4. The van der Waals surface area contributed by atoms with Gasteiger partial charge in [0.2, 0.25) is 0 Å². The molecule has 0 spiro atoms. The number of alkyl halides is 1. The smallest absolute Gasteiger partial charge is 0.342 e. The van der Waals surface area contributed by atoms with E-state index in [4.69, 9.17) is 16.7 Å². The highest BCUT2D eigenvalue weighted by Crippen LogP contribution is 2.28. The number of carbonyl (C=O) groups is 1. The number of hydrogen-bond donors (Lipinski definition) is 1. The van der Waals surface area contributed by atoms with Gasteiger partial charge in [0.05, 0.1) is 4.92 Å². The van der Waals surface area contributed by atoms with Gasteiger partial charge in [0, 0.05) is 16.4 Å². The van der Waals surface area contributed by atoms with Crippen molar-refractivity contribution in [3.8, 4) is 0 Å². The largest absolute Gasteiger partial charge is 0.477 e. The van der Waals surface area contributed by atoms with Gasteiger partial charge in [-0.15, -0.1) is 0 Å². The van der Waals surface area contributed by atoms with Gasteiger partial charge in [0.1, 0.15) is 5.56 Å². The van der Waals surface area contributed by atoms with Gasteiger partial charge in [-0.2, -0.15) is 0 Å². The molecule has 0 atom stereocenters. The first-order valence-corrected chi connectivity index (χ1v) is 5.23. The number of aromatic carboxylic acids is 1. The zero-order chi connectivity index (χ0) is 11.6. The highest BCUT2D eigenvalue weighted by atomic mass is 79.9. The van der Waals surface area contributed by atoms with Gasteiger partial charge in [-0.1, -0.05) is 27.5 Å². The van der Waals surface area contributed by atoms with Crippen LogP contribution in [0.2, 0.25) is 5.02 Å². The van der Waals surface area contributed by atoms with Crippen molar-refractivity contribution in [1.82, 2.24) is 0 Å². The molecule has 7 heteroatoms. The topological polar surface area (TPSA) is 80.4 Å². The molecule has 0 heterocycles. The Morgan fingerprint density at radius 1 is 1.60 bits per heavy atom. The number of halogens is 2. The molecule has 1 aromatic carbocycles. The van der Waals surface area contributed by atoms with Crippen LogP contribution in [0.25, 0.3) is 0 Å². The van der Waals surface area contributed by atoms with E-state index in [1.54, 1.807) is 0 Å². The molecule has 0 saturated heterocycles. The first-order valence-electron chi connectivity index (χ1n) is 3.73. The molecule has 0 saturated carbocycles. The van der Waals surface area contributed by atoms with Crippen LogP contribution in [0.15, 0.2) is 12.1 Å². The van der Waals surface area contributed by atoms with Crippen LogP contribution < -0.4 is 0 Å². The maximum Gasteiger partial charge on any atom is 0.342 e. The lowest BCUT2D eigenvalue weighted by Crippen LogP contribution is -2.03. The first kappa shape index (κ1) is 11.9. The van der Waals surface area contributed by atoms with E-state index in [9.17, 15) is 14.9 Å². The Labute approximate surface area is 97.9 Å². The Bertz CT molecular complexity index is 435. The Kier molecular flexibility index (Phi) is 3.65. The molecular weight excluding hydrogens is 289 g/mol. The van der Waals surface area contributed by atoms with Crippen molar-refractivity contribution in [2.75, 3.05) is 0 Å². The normalized spacial score (nSPS) is 10.0. The maximum absolute atomic E-state index is 10.7. The second-order valence-electron chi connectivity index (χ2n) is 2.66. The van der Waals surface area contributed by atoms with Crippen LogP contribution in [-0.2, 0) is 5.33 Å². The summed E-state index contributed by atoms with van der Waals surface area (Å²) in [6.45, 7) is 0. The Hall–Kier alpha value is -1.14. The predicted molar refractivity (Wildman–Crippen MR) is 57.7 cm³/mol. The molecule has 1 N–H and O–H groups in total. The quantitative estimate of drug-likeness (QED) is 0.528. The van der Waals surface area contributed by atoms with Crippen molar-refractivity contribution in [2.45, 2.75) is 5.33 Å². The molecule has 0 aliphatic heterocycles. The lowest BCUT2D eigenvalue weighted by molar-refractivity contribution is -0.385. The summed E-state index contributed by atoms with van der Waals surface area (Å²) in [6, 6.07) is 2.24. The van der Waals surface area contributed by atoms with Crippen LogP contribution in [0.5, 0.6) is 0 Å². The zero-order valence-electron chi connectivity index (χ0n) is 7.24. The van der Waals surface area contributed by atoms with Gasteiger partial charge in [0.25, 0.3) is 5.69 Å². The minimum Gasteiger partial charge on any atom is -0.477 e. The summed E-state index contributed by atoms with van der Waals surface area (Å²) in [5.74, 6) is -1.37. The average Bonchev–Trinajstić information content (AvgIpc) is 2.16. The van der Waals surface area contributed by atoms with Gasteiger partial charge in [0.15, 0.2) is 0 Å². The molecule has 15 heavy (non-hydrogen) atoms. The third kappa shape index (κ3) is 2.45. The molecule has 80 valence electrons. The van der Waals surface area contributed by atoms with E-state index in [2.05, 4.69) is 15.9 Å². The number of hydrogen-bond acceptors (Lipinski definition) is 3. The molecule has 5 nitrogen and oxygen atoms in total. The van der Waals surface area contributed by atoms with Crippen molar-refractivity contribution >= 4 is 39.2 Å². The number of nitro benzene ring substituents is 1. The lowest BCUT2D eigenvalue weighted by Gasteiger charge is -2.03. The second-order valence-corrected chi connectivity index (χ2v) is 3.62. The lowest BCUT2D eigenvalue weighted by atomic mass is 10.1. The number of nitro groups is 1. The minimum atomic E-state index is -1.37. The fraction of sp³-hybridized carbons (Fsp3) is 0.125. The van der Waals surface area contributed by atoms with Crippen LogP contribution in [0.1, 0.15) is 15.9 Å². The fourth-order valence-corrected chi connectivity index (χ4v) is 1.89. The molecule has 0 amide bonds. The van der Waals surface area contributed by atoms with E-state index >= 15 is 0 Å². The average molecular weight is 294 g/mol. The Balaban J connectivity index is 3.45. The predicted octanol–water partition coefficient (Wildman–Crippen LogP) is 2.84. The van der Waals surface area contributed by atoms with Crippen molar-refractivity contribution in [2.24, 2.45) is 0 Å². The van der Waals surface area contributed by atoms with E-state index in [1.807, 2.05) is 0 Å². The SMILES string of the molecule is O=C(O)c1cc(Cl)c(CBr)cc1[N+](=O)[O-]. The minimum absolute atomic E-state index is 0.190. The van der Waals surface area contributed by atoms with Crippen molar-refractivity contribution in [1.29, 1.82) is 0 Å². The second kappa shape index (κ2) is 4.59. The molecule has 0 unspecified atom stereocenters. The van der Waals surface area contributed by atoms with Crippen LogP contribution >= 0.6 is 27.5 Å². The third-order valence-corrected chi connectivity index (χ3v) is 2.69. The van der Waals surface area contributed by atoms with E-state index < -0.39 is 22.1 Å². The fourth-order valence-electron chi connectivity index (χ4n) is 1.03. The molecule has 1 aromatic rings. The molecule has 1 rings (SSSR count). The summed E-state index contributed by atoms with van der Waals surface area (Å²) < 4.78 is 0. The van der Waals surface area contributed by atoms with Gasteiger partial charge in [-0.25, -0.2) is 4.79 Å². The molecule has 0 aromatic heterocycles. The van der Waals surface area contributed by atoms with Crippen LogP contribution in [0.4, 0.5) is 5.69 Å². The number of rotatable bonds is 3. The van der Waals surface area contributed by atoms with Gasteiger partial charge >= 0.3 is 5.97 Å². The van der Waals surface area contributed by atoms with Crippen molar-refractivity contribution in [3.63, 3.8) is 0 Å². The summed E-state index contributed by atoms with van der Waals surface area (Å²) in [7, 11) is 0. The highest BCUT2D eigenvalue weighted by molar-refractivity contribution is 9.08. The first-order chi connectivity index (χ1) is 6.97. The van der Waals surface area contributed by atoms with Crippen molar-refractivity contribution in [3.05, 3.63) is 38.4 Å². The van der Waals surface area contributed by atoms with E-state index in [1.165, 1.54) is 0 Å². The molecule has 0 aliphatic rings. The van der Waals surface area contributed by atoms with Gasteiger partial charge < -0.3 is 5.11 Å². The van der Waals surface area contributed by atoms with E-state index in [0.717, 1.165) is 12.1 Å². The summed E-state index contributed by atoms with van der Waals surface area (Å²) in [6.07, 6.45) is 0. The van der Waals surface area contributed by atoms with E-state index in [-0.39, 0.29) is 5.02 Å². The Morgan fingerprint density at radius 2 is 2.20 bits per heavy atom. The molecule has 0 radical (unpaired) electrons. The van der Waals surface area contributed by atoms with Gasteiger partial charge in [-0.3, -0.25) is 10.1 Å². The van der Waals surface area contributed by atoms with Crippen LogP contribution in [-0.4, -0.2) is 16.0 Å². The molecule has 0 aliphatic carbocycles. The standard InChI is InChI=1S/C8H5BrClNO4/c9-3-4-1-7(11(14)15)5(8(12)13)2-6(4)10/h1-2H,3H2,(H,12,13). The van der Waals surface area contributed by atoms with Crippen LogP contribution in [0.3, 0.4) is 0 Å². The monoisotopic (exact) mass is 293 g/mol. The van der Waals surface area contributed by atoms with Crippen LogP contribution in [0, 0.1) is 10.1 Å². The number of carboxylic acids is 1. The summed E-state index contributed by atoms with van der Waals surface area (Å²) >= 11 is 8.83. The van der Waals surface area contributed by atoms with E-state index in [0.29, 0.717) is 10.9 Å². The molecule has 0 fully saturated rings. The Morgan fingerprint density at radius 3 is 2.60 bits per heavy atom.